The third-order valence-corrected chi connectivity index (χ3v) is 8.20. The molecule has 4 amide bonds. The van der Waals surface area contributed by atoms with Crippen LogP contribution in [0, 0.1) is 6.92 Å². The Morgan fingerprint density at radius 1 is 1.18 bits per heavy atom. The number of piperazine rings is 1. The van der Waals surface area contributed by atoms with Crippen LogP contribution in [0.4, 0.5) is 4.79 Å². The zero-order valence-corrected chi connectivity index (χ0v) is 23.3. The first-order chi connectivity index (χ1) is 18.9. The van der Waals surface area contributed by atoms with Gasteiger partial charge in [0.25, 0.3) is 5.91 Å². The summed E-state index contributed by atoms with van der Waals surface area (Å²) in [5.74, 6) is -0.350. The minimum absolute atomic E-state index is 0.0750. The highest BCUT2D eigenvalue weighted by Crippen LogP contribution is 2.34. The lowest BCUT2D eigenvalue weighted by atomic mass is 9.81. The first-order valence-corrected chi connectivity index (χ1v) is 14.3. The van der Waals surface area contributed by atoms with Crippen molar-refractivity contribution in [1.82, 2.24) is 30.0 Å². The summed E-state index contributed by atoms with van der Waals surface area (Å²) in [6, 6.07) is 8.86. The van der Waals surface area contributed by atoms with Crippen LogP contribution in [0.2, 0.25) is 0 Å². The fraction of sp³-hybridized carbons (Fsp3) is 0.556. The molecule has 2 N–H and O–H groups in total. The number of carbonyl (C=O) groups is 4. The maximum absolute atomic E-state index is 13.5. The summed E-state index contributed by atoms with van der Waals surface area (Å²) in [6.07, 6.45) is 2.84. The fourth-order valence-electron chi connectivity index (χ4n) is 5.21. The van der Waals surface area contributed by atoms with Gasteiger partial charge in [0.15, 0.2) is 0 Å². The average molecular weight is 557 g/mol. The average Bonchev–Trinajstić information content (AvgIpc) is 3.38. The minimum atomic E-state index is -0.939. The van der Waals surface area contributed by atoms with Crippen LogP contribution in [0.3, 0.4) is 0 Å². The summed E-state index contributed by atoms with van der Waals surface area (Å²) in [5, 5.41) is 9.62. The van der Waals surface area contributed by atoms with Crippen LogP contribution in [-0.4, -0.2) is 81.0 Å². The van der Waals surface area contributed by atoms with Crippen LogP contribution in [0.1, 0.15) is 66.4 Å². The number of likely N-dealkylation sites (tertiary alicyclic amines) is 1. The number of amides is 4. The number of nitrogens with one attached hydrogen (secondary N) is 2. The van der Waals surface area contributed by atoms with E-state index in [9.17, 15) is 19.2 Å². The van der Waals surface area contributed by atoms with Crippen LogP contribution >= 0.6 is 11.5 Å². The highest BCUT2D eigenvalue weighted by molar-refractivity contribution is 7.07. The molecule has 11 nitrogen and oxygen atoms in total. The first-order valence-electron chi connectivity index (χ1n) is 13.5. The molecule has 1 aromatic carbocycles. The molecule has 0 saturated carbocycles. The number of piperidine rings is 1. The molecule has 1 spiro atoms. The van der Waals surface area contributed by atoms with Gasteiger partial charge >= 0.3 is 6.09 Å². The largest absolute Gasteiger partial charge is 0.445 e. The number of unbranched alkanes of at least 4 members (excludes halogenated alkanes) is 1. The van der Waals surface area contributed by atoms with E-state index >= 15 is 0 Å². The molecule has 2 fully saturated rings. The van der Waals surface area contributed by atoms with Gasteiger partial charge in [-0.2, -0.15) is 0 Å². The lowest BCUT2D eigenvalue weighted by Crippen LogP contribution is -2.73. The number of rotatable bonds is 10. The van der Waals surface area contributed by atoms with E-state index in [1.165, 1.54) is 0 Å². The predicted molar refractivity (Wildman–Crippen MR) is 145 cm³/mol. The molecule has 0 aliphatic carbocycles. The van der Waals surface area contributed by atoms with Crippen molar-refractivity contribution in [2.45, 2.75) is 70.6 Å². The standard InChI is InChI=1S/C27H36N6O5S/c1-3-15-33-23(34)21(11-7-8-14-28-26(37)38-18-20-9-5-4-6-10-20)29-25(36)27(33)12-16-32(17-13-27)24(35)22-19(2)30-31-39-22/h4-6,9-10,21H,3,7-8,11-18H2,1-2H3,(H,28,37)(H,29,36)/t21-/m0/s1. The number of aryl methyl sites for hydroxylation is 1. The van der Waals surface area contributed by atoms with Gasteiger partial charge in [-0.25, -0.2) is 4.79 Å². The van der Waals surface area contributed by atoms with Gasteiger partial charge in [-0.3, -0.25) is 14.4 Å². The summed E-state index contributed by atoms with van der Waals surface area (Å²) >= 11 is 1.08. The highest BCUT2D eigenvalue weighted by Gasteiger charge is 2.53. The number of hydrogen-bond acceptors (Lipinski definition) is 8. The molecule has 1 atom stereocenters. The maximum Gasteiger partial charge on any atom is 0.407 e. The molecule has 39 heavy (non-hydrogen) atoms. The van der Waals surface area contributed by atoms with Gasteiger partial charge < -0.3 is 25.2 Å². The molecule has 0 bridgehead atoms. The Labute approximate surface area is 232 Å². The molecule has 12 heteroatoms. The monoisotopic (exact) mass is 556 g/mol. The Kier molecular flexibility index (Phi) is 9.50. The lowest BCUT2D eigenvalue weighted by Gasteiger charge is -2.51. The number of hydrogen-bond donors (Lipinski definition) is 2. The third-order valence-electron chi connectivity index (χ3n) is 7.38. The van der Waals surface area contributed by atoms with Crippen molar-refractivity contribution in [3.05, 3.63) is 46.5 Å². The summed E-state index contributed by atoms with van der Waals surface area (Å²) in [4.78, 5) is 55.8. The Morgan fingerprint density at radius 2 is 1.92 bits per heavy atom. The van der Waals surface area contributed by atoms with Gasteiger partial charge in [0.1, 0.15) is 23.1 Å². The third kappa shape index (κ3) is 6.55. The van der Waals surface area contributed by atoms with Gasteiger partial charge in [-0.1, -0.05) is 41.7 Å². The number of carbonyl (C=O) groups excluding carboxylic acids is 4. The van der Waals surface area contributed by atoms with Gasteiger partial charge in [-0.05, 0) is 62.5 Å². The van der Waals surface area contributed by atoms with Crippen LogP contribution < -0.4 is 10.6 Å². The van der Waals surface area contributed by atoms with Crippen LogP contribution in [0.5, 0.6) is 0 Å². The van der Waals surface area contributed by atoms with E-state index in [-0.39, 0.29) is 24.3 Å². The number of benzene rings is 1. The van der Waals surface area contributed by atoms with Gasteiger partial charge in [0, 0.05) is 26.2 Å². The molecule has 0 unspecified atom stereocenters. The van der Waals surface area contributed by atoms with Crippen molar-refractivity contribution in [2.75, 3.05) is 26.2 Å². The summed E-state index contributed by atoms with van der Waals surface area (Å²) in [6.45, 7) is 5.63. The van der Waals surface area contributed by atoms with Crippen molar-refractivity contribution in [3.63, 3.8) is 0 Å². The zero-order chi connectivity index (χ0) is 27.8. The highest BCUT2D eigenvalue weighted by atomic mass is 32.1. The van der Waals surface area contributed by atoms with Crippen molar-refractivity contribution < 1.29 is 23.9 Å². The molecule has 2 aromatic rings. The summed E-state index contributed by atoms with van der Waals surface area (Å²) < 4.78 is 9.06. The van der Waals surface area contributed by atoms with E-state index < -0.39 is 17.7 Å². The zero-order valence-electron chi connectivity index (χ0n) is 22.5. The van der Waals surface area contributed by atoms with Gasteiger partial charge in [0.2, 0.25) is 11.8 Å². The molecule has 210 valence electrons. The number of ether oxygens (including phenoxy) is 1. The summed E-state index contributed by atoms with van der Waals surface area (Å²) in [7, 11) is 0. The SMILES string of the molecule is CCCN1C(=O)[C@H](CCCCNC(=O)OCc2ccccc2)NC(=O)C12CCN(C(=O)c1snnc1C)CC2. The van der Waals surface area contributed by atoms with E-state index in [4.69, 9.17) is 4.74 Å². The second kappa shape index (κ2) is 13.0. The molecule has 3 heterocycles. The van der Waals surface area contributed by atoms with Crippen molar-refractivity contribution in [2.24, 2.45) is 0 Å². The number of nitrogens with zero attached hydrogens (tertiary/aromatic N) is 4. The minimum Gasteiger partial charge on any atom is -0.445 e. The topological polar surface area (TPSA) is 134 Å². The molecular formula is C27H36N6O5S. The lowest BCUT2D eigenvalue weighted by molar-refractivity contribution is -0.161. The Balaban J connectivity index is 1.25. The fourth-order valence-corrected chi connectivity index (χ4v) is 5.83. The molecule has 2 aliphatic rings. The second-order valence-electron chi connectivity index (χ2n) is 10.0. The maximum atomic E-state index is 13.5. The quantitative estimate of drug-likeness (QED) is 0.430. The Hall–Kier alpha value is -3.54. The van der Waals surface area contributed by atoms with E-state index in [1.807, 2.05) is 37.3 Å². The Bertz CT molecular complexity index is 1160. The van der Waals surface area contributed by atoms with Crippen LogP contribution in [-0.2, 0) is 20.9 Å². The predicted octanol–water partition coefficient (Wildman–Crippen LogP) is 2.66. The van der Waals surface area contributed by atoms with Gasteiger partial charge in [0.05, 0.1) is 5.69 Å². The molecule has 1 aromatic heterocycles. The molecule has 2 saturated heterocycles. The summed E-state index contributed by atoms with van der Waals surface area (Å²) in [5.41, 5.74) is 0.578. The number of aromatic nitrogens is 2. The van der Waals surface area contributed by atoms with Crippen molar-refractivity contribution in [1.29, 1.82) is 0 Å². The normalized spacial score (nSPS) is 18.7. The van der Waals surface area contributed by atoms with Gasteiger partial charge in [-0.15, -0.1) is 5.10 Å². The molecule has 0 radical (unpaired) electrons. The second-order valence-corrected chi connectivity index (χ2v) is 10.8. The Morgan fingerprint density at radius 3 is 2.59 bits per heavy atom. The molecular weight excluding hydrogens is 520 g/mol. The van der Waals surface area contributed by atoms with E-state index in [0.717, 1.165) is 23.5 Å². The smallest absolute Gasteiger partial charge is 0.407 e. The van der Waals surface area contributed by atoms with E-state index in [2.05, 4.69) is 20.2 Å². The molecule has 2 aliphatic heterocycles. The first kappa shape index (κ1) is 28.5. The van der Waals surface area contributed by atoms with E-state index in [0.29, 0.717) is 68.9 Å². The van der Waals surface area contributed by atoms with Crippen molar-refractivity contribution in [3.8, 4) is 0 Å². The van der Waals surface area contributed by atoms with Crippen LogP contribution in [0.25, 0.3) is 0 Å². The number of alkyl carbamates (subject to hydrolysis) is 1. The van der Waals surface area contributed by atoms with Crippen LogP contribution in [0.15, 0.2) is 30.3 Å². The van der Waals surface area contributed by atoms with E-state index in [1.54, 1.807) is 16.7 Å². The molecule has 4 rings (SSSR count). The van der Waals surface area contributed by atoms with Crippen molar-refractivity contribution >= 4 is 35.3 Å².